The second kappa shape index (κ2) is 4.81. The van der Waals surface area contributed by atoms with Gasteiger partial charge in [-0.2, -0.15) is 4.98 Å². The Morgan fingerprint density at radius 1 is 1.50 bits per heavy atom. The van der Waals surface area contributed by atoms with Gasteiger partial charge in [0.05, 0.1) is 12.3 Å². The number of ether oxygens (including phenoxy) is 2. The highest BCUT2D eigenvalue weighted by Crippen LogP contribution is 2.19. The molecule has 3 heterocycles. The van der Waals surface area contributed by atoms with Gasteiger partial charge in [0.15, 0.2) is 0 Å². The normalized spacial score (nSPS) is 20.1. The number of anilines is 1. The van der Waals surface area contributed by atoms with Gasteiger partial charge in [-0.25, -0.2) is 4.98 Å². The molecule has 0 aliphatic carbocycles. The highest BCUT2D eigenvalue weighted by atomic mass is 16.5. The Bertz CT molecular complexity index is 534. The quantitative estimate of drug-likeness (QED) is 0.885. The summed E-state index contributed by atoms with van der Waals surface area (Å²) in [7, 11) is 0. The standard InChI is InChI=1S/C12H16N4O2/c13-10-7-16-5-4-14-11(16)12(15-10)18-8-9-3-1-2-6-17-9/h4-5,7,9H,1-3,6,8,13H2. The lowest BCUT2D eigenvalue weighted by Gasteiger charge is -2.22. The molecule has 18 heavy (non-hydrogen) atoms. The Labute approximate surface area is 105 Å². The Kier molecular flexibility index (Phi) is 3.02. The number of fused-ring (bicyclic) bond motifs is 1. The van der Waals surface area contributed by atoms with Gasteiger partial charge in [0.25, 0.3) is 5.88 Å². The number of imidazole rings is 1. The van der Waals surface area contributed by atoms with Crippen molar-refractivity contribution in [2.24, 2.45) is 0 Å². The number of rotatable bonds is 3. The van der Waals surface area contributed by atoms with Crippen molar-refractivity contribution in [3.8, 4) is 5.88 Å². The van der Waals surface area contributed by atoms with Gasteiger partial charge in [-0.15, -0.1) is 0 Å². The van der Waals surface area contributed by atoms with Crippen LogP contribution in [0.2, 0.25) is 0 Å². The molecule has 0 aromatic carbocycles. The first-order chi connectivity index (χ1) is 8.83. The van der Waals surface area contributed by atoms with Crippen LogP contribution in [0.1, 0.15) is 19.3 Å². The lowest BCUT2D eigenvalue weighted by atomic mass is 10.1. The molecule has 1 aliphatic rings. The molecule has 0 radical (unpaired) electrons. The summed E-state index contributed by atoms with van der Waals surface area (Å²) in [5.41, 5.74) is 6.40. The van der Waals surface area contributed by atoms with E-state index in [0.717, 1.165) is 19.4 Å². The van der Waals surface area contributed by atoms with Crippen LogP contribution in [-0.2, 0) is 4.74 Å². The minimum atomic E-state index is 0.150. The maximum atomic E-state index is 5.72. The maximum Gasteiger partial charge on any atom is 0.260 e. The zero-order chi connectivity index (χ0) is 12.4. The molecular weight excluding hydrogens is 232 g/mol. The Morgan fingerprint density at radius 2 is 2.44 bits per heavy atom. The lowest BCUT2D eigenvalue weighted by molar-refractivity contribution is -0.0117. The highest BCUT2D eigenvalue weighted by molar-refractivity contribution is 5.52. The summed E-state index contributed by atoms with van der Waals surface area (Å²) in [6.45, 7) is 1.32. The van der Waals surface area contributed by atoms with Crippen molar-refractivity contribution < 1.29 is 9.47 Å². The second-order valence-corrected chi connectivity index (χ2v) is 4.43. The van der Waals surface area contributed by atoms with Crippen molar-refractivity contribution in [3.05, 3.63) is 18.6 Å². The first-order valence-corrected chi connectivity index (χ1v) is 6.16. The van der Waals surface area contributed by atoms with Gasteiger partial charge in [0.1, 0.15) is 12.4 Å². The molecule has 0 spiro atoms. The highest BCUT2D eigenvalue weighted by Gasteiger charge is 2.16. The number of nitrogens with zero attached hydrogens (tertiary/aromatic N) is 3. The van der Waals surface area contributed by atoms with Gasteiger partial charge in [-0.05, 0) is 19.3 Å². The number of hydrogen-bond acceptors (Lipinski definition) is 5. The van der Waals surface area contributed by atoms with E-state index < -0.39 is 0 Å². The number of nitrogens with two attached hydrogens (primary N) is 1. The van der Waals surface area contributed by atoms with Crippen LogP contribution in [0.25, 0.3) is 5.65 Å². The summed E-state index contributed by atoms with van der Waals surface area (Å²) in [6.07, 6.45) is 8.74. The predicted molar refractivity (Wildman–Crippen MR) is 66.5 cm³/mol. The van der Waals surface area contributed by atoms with Crippen molar-refractivity contribution in [1.82, 2.24) is 14.4 Å². The maximum absolute atomic E-state index is 5.72. The number of aromatic nitrogens is 3. The fourth-order valence-corrected chi connectivity index (χ4v) is 2.13. The van der Waals surface area contributed by atoms with E-state index in [4.69, 9.17) is 15.2 Å². The van der Waals surface area contributed by atoms with Crippen molar-refractivity contribution in [1.29, 1.82) is 0 Å². The molecule has 0 saturated carbocycles. The van der Waals surface area contributed by atoms with E-state index in [1.54, 1.807) is 16.8 Å². The van der Waals surface area contributed by atoms with Gasteiger partial charge >= 0.3 is 0 Å². The summed E-state index contributed by atoms with van der Waals surface area (Å²) in [5, 5.41) is 0. The van der Waals surface area contributed by atoms with E-state index >= 15 is 0 Å². The van der Waals surface area contributed by atoms with Crippen LogP contribution in [0.15, 0.2) is 18.6 Å². The van der Waals surface area contributed by atoms with Gasteiger partial charge in [0, 0.05) is 19.0 Å². The van der Waals surface area contributed by atoms with E-state index in [0.29, 0.717) is 24.0 Å². The molecule has 1 fully saturated rings. The van der Waals surface area contributed by atoms with Crippen LogP contribution < -0.4 is 10.5 Å². The molecule has 1 aliphatic heterocycles. The molecule has 1 atom stereocenters. The molecule has 6 nitrogen and oxygen atoms in total. The van der Waals surface area contributed by atoms with Crippen LogP contribution in [0.4, 0.5) is 5.82 Å². The lowest BCUT2D eigenvalue weighted by Crippen LogP contribution is -2.26. The molecular formula is C12H16N4O2. The Morgan fingerprint density at radius 3 is 3.28 bits per heavy atom. The third-order valence-electron chi connectivity index (χ3n) is 3.04. The molecule has 0 amide bonds. The summed E-state index contributed by atoms with van der Waals surface area (Å²) in [5.74, 6) is 0.884. The second-order valence-electron chi connectivity index (χ2n) is 4.43. The van der Waals surface area contributed by atoms with Crippen molar-refractivity contribution >= 4 is 11.5 Å². The molecule has 0 bridgehead atoms. The van der Waals surface area contributed by atoms with Crippen LogP contribution >= 0.6 is 0 Å². The summed E-state index contributed by atoms with van der Waals surface area (Å²) < 4.78 is 13.1. The molecule has 3 rings (SSSR count). The van der Waals surface area contributed by atoms with Gasteiger partial charge in [-0.3, -0.25) is 4.40 Å². The summed E-state index contributed by atoms with van der Waals surface area (Å²) >= 11 is 0. The van der Waals surface area contributed by atoms with Crippen LogP contribution in [0, 0.1) is 0 Å². The topological polar surface area (TPSA) is 74.7 Å². The SMILES string of the molecule is Nc1cn2ccnc2c(OCC2CCCCO2)n1. The number of hydrogen-bond donors (Lipinski definition) is 1. The van der Waals surface area contributed by atoms with Gasteiger partial charge < -0.3 is 15.2 Å². The van der Waals surface area contributed by atoms with Crippen LogP contribution in [0.3, 0.4) is 0 Å². The fourth-order valence-electron chi connectivity index (χ4n) is 2.13. The summed E-state index contributed by atoms with van der Waals surface area (Å²) in [4.78, 5) is 8.38. The smallest absolute Gasteiger partial charge is 0.260 e. The van der Waals surface area contributed by atoms with Crippen LogP contribution in [-0.4, -0.2) is 33.7 Å². The van der Waals surface area contributed by atoms with E-state index in [9.17, 15) is 0 Å². The van der Waals surface area contributed by atoms with Crippen molar-refractivity contribution in [2.45, 2.75) is 25.4 Å². The van der Waals surface area contributed by atoms with E-state index in [-0.39, 0.29) is 6.10 Å². The van der Waals surface area contributed by atoms with Gasteiger partial charge in [0.2, 0.25) is 5.65 Å². The van der Waals surface area contributed by atoms with Gasteiger partial charge in [-0.1, -0.05) is 0 Å². The van der Waals surface area contributed by atoms with Crippen molar-refractivity contribution in [2.75, 3.05) is 18.9 Å². The summed E-state index contributed by atoms with van der Waals surface area (Å²) in [6, 6.07) is 0. The number of nitrogen functional groups attached to an aromatic ring is 1. The average molecular weight is 248 g/mol. The monoisotopic (exact) mass is 248 g/mol. The Balaban J connectivity index is 1.75. The minimum absolute atomic E-state index is 0.150. The third-order valence-corrected chi connectivity index (χ3v) is 3.04. The van der Waals surface area contributed by atoms with E-state index in [2.05, 4.69) is 9.97 Å². The molecule has 96 valence electrons. The third kappa shape index (κ3) is 2.24. The molecule has 2 aromatic rings. The van der Waals surface area contributed by atoms with Crippen LogP contribution in [0.5, 0.6) is 5.88 Å². The van der Waals surface area contributed by atoms with Crippen molar-refractivity contribution in [3.63, 3.8) is 0 Å². The average Bonchev–Trinajstić information content (AvgIpc) is 2.85. The Hall–Kier alpha value is -1.82. The molecule has 2 aromatic heterocycles. The first-order valence-electron chi connectivity index (χ1n) is 6.16. The zero-order valence-corrected chi connectivity index (χ0v) is 10.1. The zero-order valence-electron chi connectivity index (χ0n) is 10.1. The molecule has 1 saturated heterocycles. The van der Waals surface area contributed by atoms with E-state index in [1.807, 2.05) is 6.20 Å². The molecule has 2 N–H and O–H groups in total. The minimum Gasteiger partial charge on any atom is -0.472 e. The first kappa shape index (κ1) is 11.3. The molecule has 6 heteroatoms. The largest absolute Gasteiger partial charge is 0.472 e. The fraction of sp³-hybridized carbons (Fsp3) is 0.500. The van der Waals surface area contributed by atoms with E-state index in [1.165, 1.54) is 6.42 Å². The predicted octanol–water partition coefficient (Wildman–Crippen LogP) is 1.26. The molecule has 1 unspecified atom stereocenters.